The van der Waals surface area contributed by atoms with Crippen LogP contribution in [0, 0.1) is 23.2 Å². The predicted molar refractivity (Wildman–Crippen MR) is 83.7 cm³/mol. The topological polar surface area (TPSA) is 15.3 Å². The molecule has 5 aliphatic rings. The molecule has 1 N–H and O–H groups in total. The van der Waals surface area contributed by atoms with Gasteiger partial charge in [0.1, 0.15) is 0 Å². The van der Waals surface area contributed by atoms with E-state index in [1.54, 1.807) is 38.5 Å². The lowest BCUT2D eigenvalue weighted by molar-refractivity contribution is -0.117. The van der Waals surface area contributed by atoms with E-state index < -0.39 is 0 Å². The Balaban J connectivity index is 1.60. The van der Waals surface area contributed by atoms with Crippen molar-refractivity contribution >= 4 is 0 Å². The van der Waals surface area contributed by atoms with E-state index in [4.69, 9.17) is 0 Å². The number of nitrogens with one attached hydrogen (secondary N) is 1. The zero-order valence-corrected chi connectivity index (χ0v) is 13.6. The van der Waals surface area contributed by atoms with Gasteiger partial charge < -0.3 is 5.32 Å². The first kappa shape index (κ1) is 13.6. The molecular weight excluding hydrogens is 244 g/mol. The van der Waals surface area contributed by atoms with Gasteiger partial charge in [0, 0.05) is 31.2 Å². The summed E-state index contributed by atoms with van der Waals surface area (Å²) in [6.45, 7) is 11.0. The Hall–Kier alpha value is -0.0800. The first-order valence-corrected chi connectivity index (χ1v) is 8.96. The van der Waals surface area contributed by atoms with Crippen LogP contribution in [0.1, 0.15) is 59.3 Å². The van der Waals surface area contributed by atoms with Crippen LogP contribution in [0.15, 0.2) is 0 Å². The van der Waals surface area contributed by atoms with Crippen LogP contribution in [0.4, 0.5) is 0 Å². The summed E-state index contributed by atoms with van der Waals surface area (Å²) >= 11 is 0. The molecule has 1 atom stereocenters. The molecule has 0 spiro atoms. The summed E-state index contributed by atoms with van der Waals surface area (Å²) in [6, 6.07) is 0.785. The fourth-order valence-electron chi connectivity index (χ4n) is 6.74. The molecule has 0 aromatic rings. The molecule has 0 aromatic heterocycles. The lowest BCUT2D eigenvalue weighted by atomic mass is 9.47. The van der Waals surface area contributed by atoms with Crippen molar-refractivity contribution in [3.05, 3.63) is 0 Å². The Labute approximate surface area is 124 Å². The minimum absolute atomic E-state index is 0.334. The smallest absolute Gasteiger partial charge is 0.0281 e. The Morgan fingerprint density at radius 3 is 2.05 bits per heavy atom. The molecule has 4 aliphatic carbocycles. The number of hydrogen-bond acceptors (Lipinski definition) is 2. The minimum atomic E-state index is 0.334. The molecule has 1 aliphatic heterocycles. The van der Waals surface area contributed by atoms with Crippen LogP contribution in [0.5, 0.6) is 0 Å². The minimum Gasteiger partial charge on any atom is -0.314 e. The van der Waals surface area contributed by atoms with Crippen LogP contribution in [0.25, 0.3) is 0 Å². The van der Waals surface area contributed by atoms with Crippen molar-refractivity contribution in [2.75, 3.05) is 19.6 Å². The van der Waals surface area contributed by atoms with Gasteiger partial charge in [-0.15, -0.1) is 0 Å². The molecule has 4 saturated carbocycles. The van der Waals surface area contributed by atoms with Crippen LogP contribution in [0.3, 0.4) is 0 Å². The first-order valence-electron chi connectivity index (χ1n) is 8.96. The van der Waals surface area contributed by atoms with Gasteiger partial charge in [-0.1, -0.05) is 0 Å². The van der Waals surface area contributed by atoms with Crippen molar-refractivity contribution in [2.45, 2.75) is 70.9 Å². The maximum absolute atomic E-state index is 3.59. The van der Waals surface area contributed by atoms with Gasteiger partial charge in [0.05, 0.1) is 0 Å². The van der Waals surface area contributed by atoms with Crippen molar-refractivity contribution in [3.63, 3.8) is 0 Å². The third kappa shape index (κ3) is 1.98. The van der Waals surface area contributed by atoms with Crippen LogP contribution in [0.2, 0.25) is 0 Å². The van der Waals surface area contributed by atoms with Gasteiger partial charge in [-0.2, -0.15) is 0 Å². The predicted octanol–water partition coefficient (Wildman–Crippen LogP) is 3.28. The zero-order chi connectivity index (χ0) is 14.0. The molecule has 4 bridgehead atoms. The molecule has 5 fully saturated rings. The van der Waals surface area contributed by atoms with E-state index in [0.29, 0.717) is 11.0 Å². The number of hydrogen-bond donors (Lipinski definition) is 1. The van der Waals surface area contributed by atoms with Gasteiger partial charge in [-0.25, -0.2) is 0 Å². The van der Waals surface area contributed by atoms with Gasteiger partial charge >= 0.3 is 0 Å². The Morgan fingerprint density at radius 2 is 1.55 bits per heavy atom. The zero-order valence-electron chi connectivity index (χ0n) is 13.6. The second-order valence-electron chi connectivity index (χ2n) is 9.14. The Kier molecular flexibility index (Phi) is 3.03. The normalized spacial score (nSPS) is 48.5. The molecule has 5 rings (SSSR count). The highest BCUT2D eigenvalue weighted by atomic mass is 15.3. The fraction of sp³-hybridized carbons (Fsp3) is 1.00. The van der Waals surface area contributed by atoms with E-state index in [1.807, 2.05) is 0 Å². The summed E-state index contributed by atoms with van der Waals surface area (Å²) in [5.41, 5.74) is 1.00. The third-order valence-electron chi connectivity index (χ3n) is 7.30. The Morgan fingerprint density at radius 1 is 1.00 bits per heavy atom. The number of nitrogens with zero attached hydrogens (tertiary/aromatic N) is 1. The van der Waals surface area contributed by atoms with Crippen molar-refractivity contribution in [3.8, 4) is 0 Å². The summed E-state index contributed by atoms with van der Waals surface area (Å²) in [5.74, 6) is 3.24. The Bertz CT molecular complexity index is 352. The first-order chi connectivity index (χ1) is 9.48. The average Bonchev–Trinajstić information content (AvgIpc) is 2.36. The summed E-state index contributed by atoms with van der Waals surface area (Å²) < 4.78 is 0. The largest absolute Gasteiger partial charge is 0.314 e. The van der Waals surface area contributed by atoms with Crippen molar-refractivity contribution in [1.82, 2.24) is 10.2 Å². The van der Waals surface area contributed by atoms with Crippen LogP contribution in [-0.4, -0.2) is 36.1 Å². The van der Waals surface area contributed by atoms with Gasteiger partial charge in [0.25, 0.3) is 0 Å². The summed E-state index contributed by atoms with van der Waals surface area (Å²) in [5, 5.41) is 3.59. The molecule has 2 nitrogen and oxygen atoms in total. The van der Waals surface area contributed by atoms with Gasteiger partial charge in [-0.05, 0) is 82.5 Å². The molecule has 1 heterocycles. The molecule has 1 unspecified atom stereocenters. The standard InChI is InChI=1S/C18H32N2/c1-13(20-5-4-19-12-17(20,2)3)18-9-14-6-15(10-18)8-16(7-14)11-18/h13-16,19H,4-12H2,1-3H3. The molecule has 2 heteroatoms. The number of rotatable bonds is 2. The van der Waals surface area contributed by atoms with Gasteiger partial charge in [-0.3, -0.25) is 4.90 Å². The second kappa shape index (κ2) is 4.46. The van der Waals surface area contributed by atoms with Gasteiger partial charge in [0.15, 0.2) is 0 Å². The van der Waals surface area contributed by atoms with E-state index in [-0.39, 0.29) is 0 Å². The quantitative estimate of drug-likeness (QED) is 0.832. The van der Waals surface area contributed by atoms with E-state index >= 15 is 0 Å². The molecule has 0 aromatic carbocycles. The maximum Gasteiger partial charge on any atom is 0.0281 e. The van der Waals surface area contributed by atoms with Crippen molar-refractivity contribution in [2.24, 2.45) is 23.2 Å². The highest BCUT2D eigenvalue weighted by Crippen LogP contribution is 2.62. The second-order valence-corrected chi connectivity index (χ2v) is 9.14. The highest BCUT2D eigenvalue weighted by molar-refractivity contribution is 5.07. The molecule has 20 heavy (non-hydrogen) atoms. The summed E-state index contributed by atoms with van der Waals surface area (Å²) in [4.78, 5) is 2.86. The van der Waals surface area contributed by atoms with Gasteiger partial charge in [0.2, 0.25) is 0 Å². The van der Waals surface area contributed by atoms with E-state index in [1.165, 1.54) is 13.1 Å². The average molecular weight is 276 g/mol. The van der Waals surface area contributed by atoms with Crippen LogP contribution in [-0.2, 0) is 0 Å². The lowest BCUT2D eigenvalue weighted by Crippen LogP contribution is -2.65. The maximum atomic E-state index is 3.59. The summed E-state index contributed by atoms with van der Waals surface area (Å²) in [7, 11) is 0. The molecule has 0 radical (unpaired) electrons. The van der Waals surface area contributed by atoms with E-state index in [2.05, 4.69) is 31.0 Å². The molecule has 1 saturated heterocycles. The molecular formula is C18H32N2. The highest BCUT2D eigenvalue weighted by Gasteiger charge is 2.55. The fourth-order valence-corrected chi connectivity index (χ4v) is 6.74. The van der Waals surface area contributed by atoms with Crippen LogP contribution < -0.4 is 5.32 Å². The van der Waals surface area contributed by atoms with E-state index in [0.717, 1.165) is 30.3 Å². The van der Waals surface area contributed by atoms with Crippen molar-refractivity contribution < 1.29 is 0 Å². The molecule has 114 valence electrons. The van der Waals surface area contributed by atoms with Crippen molar-refractivity contribution in [1.29, 1.82) is 0 Å². The monoisotopic (exact) mass is 276 g/mol. The third-order valence-corrected chi connectivity index (χ3v) is 7.30. The number of piperazine rings is 1. The SMILES string of the molecule is CC(N1CCNCC1(C)C)C12CC3CC(CC(C3)C1)C2. The summed E-state index contributed by atoms with van der Waals surface area (Å²) in [6.07, 6.45) is 9.32. The molecule has 0 amide bonds. The van der Waals surface area contributed by atoms with E-state index in [9.17, 15) is 0 Å². The lowest BCUT2D eigenvalue weighted by Gasteiger charge is -2.62. The van der Waals surface area contributed by atoms with Crippen LogP contribution >= 0.6 is 0 Å².